The fourth-order valence-corrected chi connectivity index (χ4v) is 2.16. The minimum absolute atomic E-state index is 0.00348. The molecule has 0 aliphatic carbocycles. The number of esters is 1. The lowest BCUT2D eigenvalue weighted by Gasteiger charge is -2.09. The summed E-state index contributed by atoms with van der Waals surface area (Å²) in [5, 5.41) is 4.39. The van der Waals surface area contributed by atoms with Gasteiger partial charge in [-0.25, -0.2) is 18.0 Å². The zero-order valence-corrected chi connectivity index (χ0v) is 14.8. The van der Waals surface area contributed by atoms with Crippen molar-refractivity contribution in [2.75, 3.05) is 24.2 Å². The van der Waals surface area contributed by atoms with Crippen molar-refractivity contribution in [3.63, 3.8) is 0 Å². The lowest BCUT2D eigenvalue weighted by atomic mass is 10.2. The normalized spacial score (nSPS) is 10.3. The summed E-state index contributed by atoms with van der Waals surface area (Å²) in [5.41, 5.74) is 5.08. The lowest BCUT2D eigenvalue weighted by molar-refractivity contribution is -0.126. The molecular formula is C17H13ClF3N3O4. The number of hydrogen-bond donors (Lipinski definition) is 3. The van der Waals surface area contributed by atoms with E-state index in [0.29, 0.717) is 11.1 Å². The van der Waals surface area contributed by atoms with Crippen LogP contribution >= 0.6 is 11.6 Å². The van der Waals surface area contributed by atoms with Crippen LogP contribution in [0.5, 0.6) is 0 Å². The van der Waals surface area contributed by atoms with E-state index >= 15 is 0 Å². The first-order chi connectivity index (χ1) is 13.2. The van der Waals surface area contributed by atoms with E-state index in [9.17, 15) is 27.6 Å². The summed E-state index contributed by atoms with van der Waals surface area (Å²) >= 11 is 5.71. The summed E-state index contributed by atoms with van der Waals surface area (Å²) in [7, 11) is 0. The molecule has 0 heterocycles. The molecular weight excluding hydrogens is 403 g/mol. The van der Waals surface area contributed by atoms with Crippen LogP contribution in [0.2, 0.25) is 5.02 Å². The van der Waals surface area contributed by atoms with Crippen LogP contribution in [-0.2, 0) is 14.3 Å². The first-order valence-electron chi connectivity index (χ1n) is 7.61. The molecule has 2 aromatic carbocycles. The highest BCUT2D eigenvalue weighted by atomic mass is 35.5. The van der Waals surface area contributed by atoms with Crippen LogP contribution in [-0.4, -0.2) is 30.9 Å². The first-order valence-corrected chi connectivity index (χ1v) is 7.99. The highest BCUT2D eigenvalue weighted by Gasteiger charge is 2.17. The number of amides is 2. The van der Waals surface area contributed by atoms with Crippen molar-refractivity contribution in [2.24, 2.45) is 0 Å². The summed E-state index contributed by atoms with van der Waals surface area (Å²) in [4.78, 5) is 35.1. The van der Waals surface area contributed by atoms with E-state index in [4.69, 9.17) is 22.1 Å². The number of nitrogen functional groups attached to an aromatic ring is 1. The Bertz CT molecular complexity index is 940. The number of hydrogen-bond acceptors (Lipinski definition) is 5. The SMILES string of the molecule is Nc1cc(Cl)ccc1C(=O)OCC(=O)NCC(=O)Nc1ccc(F)c(F)c1F. The third-order valence-electron chi connectivity index (χ3n) is 3.32. The largest absolute Gasteiger partial charge is 0.452 e. The Morgan fingerprint density at radius 1 is 1.04 bits per heavy atom. The van der Waals surface area contributed by atoms with Gasteiger partial charge in [0.1, 0.15) is 0 Å². The number of halogens is 4. The number of nitrogens with one attached hydrogen (secondary N) is 2. The van der Waals surface area contributed by atoms with E-state index in [1.165, 1.54) is 18.2 Å². The maximum absolute atomic E-state index is 13.5. The molecule has 0 aliphatic heterocycles. The van der Waals surface area contributed by atoms with Crippen molar-refractivity contribution in [1.82, 2.24) is 5.32 Å². The van der Waals surface area contributed by atoms with Crippen molar-refractivity contribution in [2.45, 2.75) is 0 Å². The van der Waals surface area contributed by atoms with Gasteiger partial charge in [-0.3, -0.25) is 9.59 Å². The minimum atomic E-state index is -1.74. The number of carbonyl (C=O) groups is 3. The monoisotopic (exact) mass is 415 g/mol. The second-order valence-electron chi connectivity index (χ2n) is 5.36. The summed E-state index contributed by atoms with van der Waals surface area (Å²) in [5.74, 6) is -7.35. The van der Waals surface area contributed by atoms with E-state index in [-0.39, 0.29) is 11.3 Å². The number of nitrogens with two attached hydrogens (primary N) is 1. The van der Waals surface area contributed by atoms with Gasteiger partial charge in [-0.2, -0.15) is 0 Å². The predicted molar refractivity (Wildman–Crippen MR) is 94.1 cm³/mol. The van der Waals surface area contributed by atoms with Gasteiger partial charge in [0.25, 0.3) is 5.91 Å². The molecule has 28 heavy (non-hydrogen) atoms. The van der Waals surface area contributed by atoms with Crippen molar-refractivity contribution >= 4 is 40.8 Å². The molecule has 0 fully saturated rings. The topological polar surface area (TPSA) is 111 Å². The molecule has 7 nitrogen and oxygen atoms in total. The van der Waals surface area contributed by atoms with Crippen LogP contribution in [0.4, 0.5) is 24.5 Å². The average Bonchev–Trinajstić information content (AvgIpc) is 2.65. The van der Waals surface area contributed by atoms with E-state index in [0.717, 1.165) is 6.07 Å². The maximum atomic E-state index is 13.5. The summed E-state index contributed by atoms with van der Waals surface area (Å²) in [6.07, 6.45) is 0. The maximum Gasteiger partial charge on any atom is 0.340 e. The van der Waals surface area contributed by atoms with Gasteiger partial charge in [-0.1, -0.05) is 11.6 Å². The van der Waals surface area contributed by atoms with E-state index in [2.05, 4.69) is 5.32 Å². The Hall–Kier alpha value is -3.27. The summed E-state index contributed by atoms with van der Waals surface area (Å²) in [6, 6.07) is 5.53. The molecule has 2 rings (SSSR count). The molecule has 2 aromatic rings. The molecule has 0 saturated carbocycles. The van der Waals surface area contributed by atoms with Gasteiger partial charge >= 0.3 is 5.97 Å². The zero-order chi connectivity index (χ0) is 20.8. The molecule has 0 unspecified atom stereocenters. The van der Waals surface area contributed by atoms with Gasteiger partial charge in [0.05, 0.1) is 17.8 Å². The second kappa shape index (κ2) is 9.09. The molecule has 0 spiro atoms. The Morgan fingerprint density at radius 2 is 1.75 bits per heavy atom. The summed E-state index contributed by atoms with van der Waals surface area (Å²) in [6.45, 7) is -1.34. The minimum Gasteiger partial charge on any atom is -0.452 e. The fraction of sp³-hybridized carbons (Fsp3) is 0.118. The Morgan fingerprint density at radius 3 is 2.43 bits per heavy atom. The Kier molecular flexibility index (Phi) is 6.83. The Balaban J connectivity index is 1.81. The number of ether oxygens (including phenoxy) is 1. The molecule has 0 bridgehead atoms. The number of rotatable bonds is 6. The zero-order valence-electron chi connectivity index (χ0n) is 14.0. The van der Waals surface area contributed by atoms with Crippen molar-refractivity contribution in [1.29, 1.82) is 0 Å². The van der Waals surface area contributed by atoms with Gasteiger partial charge in [0, 0.05) is 10.7 Å². The molecule has 148 valence electrons. The standard InChI is InChI=1S/C17H13ClF3N3O4/c18-8-1-2-9(11(22)5-8)17(27)28-7-14(26)23-6-13(25)24-12-4-3-10(19)15(20)16(12)21/h1-5H,6-7,22H2,(H,23,26)(H,24,25). The second-order valence-corrected chi connectivity index (χ2v) is 5.79. The van der Waals surface area contributed by atoms with E-state index in [1.807, 2.05) is 5.32 Å². The smallest absolute Gasteiger partial charge is 0.340 e. The van der Waals surface area contributed by atoms with E-state index in [1.54, 1.807) is 0 Å². The van der Waals surface area contributed by atoms with Crippen LogP contribution in [0.15, 0.2) is 30.3 Å². The third kappa shape index (κ3) is 5.36. The molecule has 4 N–H and O–H groups in total. The van der Waals surface area contributed by atoms with Crippen LogP contribution in [0.3, 0.4) is 0 Å². The number of benzene rings is 2. The highest BCUT2D eigenvalue weighted by molar-refractivity contribution is 6.31. The molecule has 0 saturated heterocycles. The molecule has 0 aromatic heterocycles. The van der Waals surface area contributed by atoms with Crippen molar-refractivity contribution in [3.8, 4) is 0 Å². The molecule has 0 aliphatic rings. The van der Waals surface area contributed by atoms with Gasteiger partial charge in [0.2, 0.25) is 5.91 Å². The highest BCUT2D eigenvalue weighted by Crippen LogP contribution is 2.20. The van der Waals surface area contributed by atoms with Crippen molar-refractivity contribution < 1.29 is 32.3 Å². The number of carbonyl (C=O) groups excluding carboxylic acids is 3. The Labute approximate surface area is 161 Å². The predicted octanol–water partition coefficient (Wildman–Crippen LogP) is 2.25. The van der Waals surface area contributed by atoms with Crippen LogP contribution in [0, 0.1) is 17.5 Å². The first kappa shape index (κ1) is 21.0. The van der Waals surface area contributed by atoms with Crippen molar-refractivity contribution in [3.05, 3.63) is 58.4 Å². The third-order valence-corrected chi connectivity index (χ3v) is 3.56. The van der Waals surface area contributed by atoms with Gasteiger partial charge < -0.3 is 21.1 Å². The van der Waals surface area contributed by atoms with Crippen LogP contribution in [0.1, 0.15) is 10.4 Å². The van der Waals surface area contributed by atoms with E-state index < -0.39 is 54.1 Å². The molecule has 11 heteroatoms. The molecule has 0 atom stereocenters. The van der Waals surface area contributed by atoms with Crippen LogP contribution in [0.25, 0.3) is 0 Å². The summed E-state index contributed by atoms with van der Waals surface area (Å²) < 4.78 is 44.1. The fourth-order valence-electron chi connectivity index (χ4n) is 1.98. The molecule has 0 radical (unpaired) electrons. The lowest BCUT2D eigenvalue weighted by Crippen LogP contribution is -2.35. The van der Waals surface area contributed by atoms with Gasteiger partial charge in [-0.05, 0) is 30.3 Å². The van der Waals surface area contributed by atoms with Crippen LogP contribution < -0.4 is 16.4 Å². The van der Waals surface area contributed by atoms with Gasteiger partial charge in [0.15, 0.2) is 24.1 Å². The quantitative estimate of drug-likeness (QED) is 0.381. The molecule has 2 amide bonds. The number of anilines is 2. The van der Waals surface area contributed by atoms with Gasteiger partial charge in [-0.15, -0.1) is 0 Å². The average molecular weight is 416 g/mol.